The van der Waals surface area contributed by atoms with E-state index in [-0.39, 0.29) is 5.41 Å². The Bertz CT molecular complexity index is 581. The highest BCUT2D eigenvalue weighted by Crippen LogP contribution is 2.33. The fourth-order valence-corrected chi connectivity index (χ4v) is 2.80. The van der Waals surface area contributed by atoms with Crippen LogP contribution < -0.4 is 10.2 Å². The number of hydrogen-bond acceptors (Lipinski definition) is 4. The molecule has 0 spiro atoms. The summed E-state index contributed by atoms with van der Waals surface area (Å²) in [6.45, 7) is 4.31. The highest BCUT2D eigenvalue weighted by atomic mass is 15.2. The Morgan fingerprint density at radius 1 is 1.32 bits per heavy atom. The van der Waals surface area contributed by atoms with Crippen molar-refractivity contribution in [2.75, 3.05) is 32.1 Å². The summed E-state index contributed by atoms with van der Waals surface area (Å²) in [6.07, 6.45) is 2.24. The zero-order valence-electron chi connectivity index (χ0n) is 11.8. The van der Waals surface area contributed by atoms with Crippen molar-refractivity contribution in [3.8, 4) is 0 Å². The van der Waals surface area contributed by atoms with E-state index >= 15 is 0 Å². The Morgan fingerprint density at radius 2 is 2.16 bits per heavy atom. The Kier molecular flexibility index (Phi) is 2.93. The SMILES string of the molecule is CCC1(c2nc3nc(N(C)C)ccc3[nH]2)CCNC1. The van der Waals surface area contributed by atoms with E-state index in [0.29, 0.717) is 0 Å². The number of H-pyrrole nitrogens is 1. The van der Waals surface area contributed by atoms with Gasteiger partial charge >= 0.3 is 0 Å². The molecule has 5 nitrogen and oxygen atoms in total. The van der Waals surface area contributed by atoms with Crippen LogP contribution >= 0.6 is 0 Å². The number of rotatable bonds is 3. The molecule has 1 atom stereocenters. The Morgan fingerprint density at radius 3 is 2.79 bits per heavy atom. The van der Waals surface area contributed by atoms with Crippen LogP contribution in [0.5, 0.6) is 0 Å². The van der Waals surface area contributed by atoms with Gasteiger partial charge in [-0.2, -0.15) is 0 Å². The highest BCUT2D eigenvalue weighted by molar-refractivity contribution is 5.73. The summed E-state index contributed by atoms with van der Waals surface area (Å²) >= 11 is 0. The molecule has 3 rings (SSSR count). The van der Waals surface area contributed by atoms with Gasteiger partial charge in [-0.15, -0.1) is 0 Å². The number of fused-ring (bicyclic) bond motifs is 1. The van der Waals surface area contributed by atoms with E-state index in [1.54, 1.807) is 0 Å². The summed E-state index contributed by atoms with van der Waals surface area (Å²) in [5.74, 6) is 2.03. The van der Waals surface area contributed by atoms with Crippen LogP contribution in [-0.4, -0.2) is 42.1 Å². The van der Waals surface area contributed by atoms with Gasteiger partial charge in [0.1, 0.15) is 11.6 Å². The number of aromatic nitrogens is 3. The molecular weight excluding hydrogens is 238 g/mol. The van der Waals surface area contributed by atoms with Gasteiger partial charge in [-0.1, -0.05) is 6.92 Å². The first-order valence-electron chi connectivity index (χ1n) is 6.90. The first kappa shape index (κ1) is 12.4. The minimum absolute atomic E-state index is 0.152. The largest absolute Gasteiger partial charge is 0.363 e. The predicted octanol–water partition coefficient (Wildman–Crippen LogP) is 1.66. The second-order valence-corrected chi connectivity index (χ2v) is 5.58. The van der Waals surface area contributed by atoms with Gasteiger partial charge in [-0.05, 0) is 31.5 Å². The number of nitrogens with one attached hydrogen (secondary N) is 2. The lowest BCUT2D eigenvalue weighted by Gasteiger charge is -2.23. The smallest absolute Gasteiger partial charge is 0.179 e. The fourth-order valence-electron chi connectivity index (χ4n) is 2.80. The lowest BCUT2D eigenvalue weighted by atomic mass is 9.83. The van der Waals surface area contributed by atoms with Gasteiger partial charge in [0.2, 0.25) is 0 Å². The summed E-state index contributed by atoms with van der Waals surface area (Å²) in [4.78, 5) is 14.8. The third-order valence-electron chi connectivity index (χ3n) is 4.21. The van der Waals surface area contributed by atoms with E-state index in [0.717, 1.165) is 48.7 Å². The van der Waals surface area contributed by atoms with Crippen LogP contribution in [0.4, 0.5) is 5.82 Å². The topological polar surface area (TPSA) is 56.8 Å². The molecule has 0 aromatic carbocycles. The number of imidazole rings is 1. The van der Waals surface area contributed by atoms with Crippen LogP contribution in [0.1, 0.15) is 25.6 Å². The Hall–Kier alpha value is -1.62. The Labute approximate surface area is 113 Å². The number of nitrogens with zero attached hydrogens (tertiary/aromatic N) is 3. The van der Waals surface area contributed by atoms with Crippen molar-refractivity contribution in [2.24, 2.45) is 0 Å². The average molecular weight is 259 g/mol. The summed E-state index contributed by atoms with van der Waals surface area (Å²) in [5, 5.41) is 3.45. The fraction of sp³-hybridized carbons (Fsp3) is 0.571. The predicted molar refractivity (Wildman–Crippen MR) is 77.7 cm³/mol. The molecule has 0 amide bonds. The molecule has 1 aliphatic heterocycles. The monoisotopic (exact) mass is 259 g/mol. The van der Waals surface area contributed by atoms with Crippen LogP contribution in [0, 0.1) is 0 Å². The zero-order valence-corrected chi connectivity index (χ0v) is 11.8. The van der Waals surface area contributed by atoms with Crippen molar-refractivity contribution in [3.05, 3.63) is 18.0 Å². The standard InChI is InChI=1S/C14H21N5/c1-4-14(7-8-15-9-14)13-16-10-5-6-11(19(2)3)17-12(10)18-13/h5-6,15H,4,7-9H2,1-3H3,(H,16,17,18). The van der Waals surface area contributed by atoms with Crippen molar-refractivity contribution in [2.45, 2.75) is 25.2 Å². The molecule has 102 valence electrons. The lowest BCUT2D eigenvalue weighted by Crippen LogP contribution is -2.29. The maximum absolute atomic E-state index is 4.75. The minimum Gasteiger partial charge on any atom is -0.363 e. The summed E-state index contributed by atoms with van der Waals surface area (Å²) < 4.78 is 0. The van der Waals surface area contributed by atoms with Gasteiger partial charge in [0.15, 0.2) is 5.65 Å². The second-order valence-electron chi connectivity index (χ2n) is 5.58. The second kappa shape index (κ2) is 4.49. The maximum atomic E-state index is 4.75. The van der Waals surface area contributed by atoms with E-state index in [4.69, 9.17) is 4.98 Å². The molecule has 1 aliphatic rings. The summed E-state index contributed by atoms with van der Waals surface area (Å²) in [7, 11) is 3.99. The van der Waals surface area contributed by atoms with E-state index in [1.807, 2.05) is 25.1 Å². The molecule has 2 aromatic heterocycles. The minimum atomic E-state index is 0.152. The van der Waals surface area contributed by atoms with Gasteiger partial charge < -0.3 is 15.2 Å². The molecule has 2 N–H and O–H groups in total. The quantitative estimate of drug-likeness (QED) is 0.880. The van der Waals surface area contributed by atoms with Crippen LogP contribution in [-0.2, 0) is 5.41 Å². The highest BCUT2D eigenvalue weighted by Gasteiger charge is 2.36. The number of pyridine rings is 1. The number of anilines is 1. The van der Waals surface area contributed by atoms with E-state index < -0.39 is 0 Å². The van der Waals surface area contributed by atoms with Crippen molar-refractivity contribution in [1.82, 2.24) is 20.3 Å². The summed E-state index contributed by atoms with van der Waals surface area (Å²) in [5.41, 5.74) is 2.00. The Balaban J connectivity index is 2.06. The van der Waals surface area contributed by atoms with Gasteiger partial charge in [0.25, 0.3) is 0 Å². The third kappa shape index (κ3) is 1.98. The molecule has 0 radical (unpaired) electrons. The third-order valence-corrected chi connectivity index (χ3v) is 4.21. The molecule has 1 fully saturated rings. The molecule has 1 unspecified atom stereocenters. The van der Waals surface area contributed by atoms with Gasteiger partial charge in [-0.3, -0.25) is 0 Å². The average Bonchev–Trinajstić information content (AvgIpc) is 3.04. The van der Waals surface area contributed by atoms with Crippen LogP contribution in [0.15, 0.2) is 12.1 Å². The maximum Gasteiger partial charge on any atom is 0.179 e. The lowest BCUT2D eigenvalue weighted by molar-refractivity contribution is 0.430. The van der Waals surface area contributed by atoms with Gasteiger partial charge in [-0.25, -0.2) is 9.97 Å². The number of hydrogen-bond donors (Lipinski definition) is 2. The summed E-state index contributed by atoms with van der Waals surface area (Å²) in [6, 6.07) is 4.09. The molecule has 1 saturated heterocycles. The van der Waals surface area contributed by atoms with E-state index in [1.165, 1.54) is 0 Å². The normalized spacial score (nSPS) is 23.1. The molecule has 0 aliphatic carbocycles. The van der Waals surface area contributed by atoms with Crippen LogP contribution in [0.25, 0.3) is 11.2 Å². The van der Waals surface area contributed by atoms with E-state index in [9.17, 15) is 0 Å². The zero-order chi connectivity index (χ0) is 13.5. The molecule has 2 aromatic rings. The number of aromatic amines is 1. The molecule has 0 bridgehead atoms. The first-order valence-corrected chi connectivity index (χ1v) is 6.90. The van der Waals surface area contributed by atoms with E-state index in [2.05, 4.69) is 28.3 Å². The van der Waals surface area contributed by atoms with Gasteiger partial charge in [0, 0.05) is 26.1 Å². The van der Waals surface area contributed by atoms with Crippen molar-refractivity contribution in [3.63, 3.8) is 0 Å². The molecular formula is C14H21N5. The molecule has 0 saturated carbocycles. The molecule has 3 heterocycles. The first-order chi connectivity index (χ1) is 9.14. The molecule has 19 heavy (non-hydrogen) atoms. The van der Waals surface area contributed by atoms with Crippen molar-refractivity contribution in [1.29, 1.82) is 0 Å². The van der Waals surface area contributed by atoms with Crippen molar-refractivity contribution < 1.29 is 0 Å². The van der Waals surface area contributed by atoms with Crippen LogP contribution in [0.3, 0.4) is 0 Å². The van der Waals surface area contributed by atoms with Crippen molar-refractivity contribution >= 4 is 17.0 Å². The molecule has 5 heteroatoms. The van der Waals surface area contributed by atoms with Gasteiger partial charge in [0.05, 0.1) is 5.52 Å². The van der Waals surface area contributed by atoms with Crippen LogP contribution in [0.2, 0.25) is 0 Å².